The van der Waals surface area contributed by atoms with Crippen molar-refractivity contribution in [1.29, 1.82) is 0 Å². The summed E-state index contributed by atoms with van der Waals surface area (Å²) in [5, 5.41) is 10.1. The number of H-pyrrole nitrogens is 1. The number of sulfonamides is 1. The van der Waals surface area contributed by atoms with E-state index in [-0.39, 0.29) is 10.8 Å². The smallest absolute Gasteiger partial charge is 0.244 e. The van der Waals surface area contributed by atoms with E-state index in [1.54, 1.807) is 23.7 Å². The van der Waals surface area contributed by atoms with Crippen LogP contribution in [0.2, 0.25) is 0 Å². The van der Waals surface area contributed by atoms with Gasteiger partial charge >= 0.3 is 0 Å². The van der Waals surface area contributed by atoms with Gasteiger partial charge in [0, 0.05) is 7.05 Å². The van der Waals surface area contributed by atoms with Crippen molar-refractivity contribution in [2.75, 3.05) is 5.32 Å². The van der Waals surface area contributed by atoms with E-state index in [4.69, 9.17) is 12.2 Å². The van der Waals surface area contributed by atoms with Gasteiger partial charge in [-0.25, -0.2) is 13.4 Å². The van der Waals surface area contributed by atoms with Gasteiger partial charge in [0.15, 0.2) is 15.7 Å². The number of thiazole rings is 1. The third-order valence-electron chi connectivity index (χ3n) is 4.76. The Morgan fingerprint density at radius 1 is 1.25 bits per heavy atom. The van der Waals surface area contributed by atoms with Crippen LogP contribution in [0.3, 0.4) is 0 Å². The Balaban J connectivity index is 1.82. The summed E-state index contributed by atoms with van der Waals surface area (Å²) >= 11 is 6.41. The largest absolute Gasteiger partial charge is 0.303 e. The van der Waals surface area contributed by atoms with Crippen molar-refractivity contribution in [3.8, 4) is 10.7 Å². The van der Waals surface area contributed by atoms with E-state index >= 15 is 0 Å². The molecule has 0 radical (unpaired) electrons. The second-order valence-corrected chi connectivity index (χ2v) is 11.1. The predicted molar refractivity (Wildman–Crippen MR) is 128 cm³/mol. The maximum atomic E-state index is 13.0. The standard InChI is InChI=1S/C20H26N6O3S3/c1-11(2)10-15(25-32(28,29)14-8-6-12(3)7-9-14)18(27)22-19-21-13(4)16(31-19)17-23-24-20(30)26(17)5/h6-9,11,15,25H,10H2,1-5H3,(H,24,30)(H,21,22,27)/t15-/m1/s1. The second kappa shape index (κ2) is 9.61. The maximum Gasteiger partial charge on any atom is 0.244 e. The molecular formula is C20H26N6O3S3. The summed E-state index contributed by atoms with van der Waals surface area (Å²) in [6.07, 6.45) is 0.335. The zero-order valence-corrected chi connectivity index (χ0v) is 20.9. The van der Waals surface area contributed by atoms with Crippen LogP contribution in [0.1, 0.15) is 31.5 Å². The highest BCUT2D eigenvalue weighted by Gasteiger charge is 2.27. The van der Waals surface area contributed by atoms with Gasteiger partial charge in [0.1, 0.15) is 6.04 Å². The van der Waals surface area contributed by atoms with Gasteiger partial charge in [-0.3, -0.25) is 9.89 Å². The van der Waals surface area contributed by atoms with Gasteiger partial charge in [0.2, 0.25) is 15.9 Å². The Kier molecular flexibility index (Phi) is 7.28. The number of anilines is 1. The van der Waals surface area contributed by atoms with Crippen LogP contribution in [-0.2, 0) is 21.9 Å². The minimum atomic E-state index is -3.86. The van der Waals surface area contributed by atoms with Gasteiger partial charge in [0.25, 0.3) is 0 Å². The van der Waals surface area contributed by atoms with Crippen molar-refractivity contribution in [2.24, 2.45) is 13.0 Å². The van der Waals surface area contributed by atoms with Crippen molar-refractivity contribution in [2.45, 2.75) is 45.1 Å². The summed E-state index contributed by atoms with van der Waals surface area (Å²) in [7, 11) is -2.08. The molecule has 1 amide bonds. The number of carbonyl (C=O) groups is 1. The molecule has 9 nitrogen and oxygen atoms in total. The number of aromatic amines is 1. The van der Waals surface area contributed by atoms with Crippen molar-refractivity contribution in [3.05, 3.63) is 40.3 Å². The lowest BCUT2D eigenvalue weighted by Crippen LogP contribution is -2.44. The maximum absolute atomic E-state index is 13.0. The summed E-state index contributed by atoms with van der Waals surface area (Å²) in [4.78, 5) is 18.3. The topological polar surface area (TPSA) is 122 Å². The molecule has 0 saturated carbocycles. The summed E-state index contributed by atoms with van der Waals surface area (Å²) in [6.45, 7) is 7.54. The highest BCUT2D eigenvalue weighted by molar-refractivity contribution is 7.89. The third kappa shape index (κ3) is 5.49. The van der Waals surface area contributed by atoms with Crippen LogP contribution in [0, 0.1) is 24.5 Å². The van der Waals surface area contributed by atoms with Gasteiger partial charge in [-0.1, -0.05) is 42.9 Å². The van der Waals surface area contributed by atoms with Crippen LogP contribution in [0.25, 0.3) is 10.7 Å². The van der Waals surface area contributed by atoms with Crippen LogP contribution >= 0.6 is 23.6 Å². The third-order valence-corrected chi connectivity index (χ3v) is 7.68. The SMILES string of the molecule is Cc1ccc(S(=O)(=O)N[C@H](CC(C)C)C(=O)Nc2nc(C)c(-c3n[nH]c(=S)n3C)s2)cc1. The van der Waals surface area contributed by atoms with E-state index in [1.807, 2.05) is 27.7 Å². The van der Waals surface area contributed by atoms with E-state index in [1.165, 1.54) is 23.5 Å². The number of hydrogen-bond donors (Lipinski definition) is 3. The van der Waals surface area contributed by atoms with Crippen LogP contribution in [0.5, 0.6) is 0 Å². The van der Waals surface area contributed by atoms with Crippen molar-refractivity contribution < 1.29 is 13.2 Å². The number of rotatable bonds is 8. The first kappa shape index (κ1) is 24.2. The Labute approximate surface area is 196 Å². The molecule has 0 aliphatic rings. The number of carbonyl (C=O) groups excluding carboxylic acids is 1. The number of nitrogens with one attached hydrogen (secondary N) is 3. The summed E-state index contributed by atoms with van der Waals surface area (Å²) in [5.74, 6) is 0.239. The van der Waals surface area contributed by atoms with Crippen LogP contribution in [0.4, 0.5) is 5.13 Å². The Bertz CT molecular complexity index is 1270. The summed E-state index contributed by atoms with van der Waals surface area (Å²) in [6, 6.07) is 5.53. The fourth-order valence-corrected chi connectivity index (χ4v) is 5.39. The summed E-state index contributed by atoms with van der Waals surface area (Å²) < 4.78 is 30.4. The molecule has 0 unspecified atom stereocenters. The van der Waals surface area contributed by atoms with Gasteiger partial charge in [-0.15, -0.1) is 0 Å². The molecule has 0 aliphatic heterocycles. The quantitative estimate of drug-likeness (QED) is 0.412. The monoisotopic (exact) mass is 494 g/mol. The molecule has 32 heavy (non-hydrogen) atoms. The molecule has 3 rings (SSSR count). The Morgan fingerprint density at radius 2 is 1.91 bits per heavy atom. The molecule has 3 N–H and O–H groups in total. The van der Waals surface area contributed by atoms with Gasteiger partial charge in [0.05, 0.1) is 15.5 Å². The zero-order valence-electron chi connectivity index (χ0n) is 18.5. The number of aryl methyl sites for hydroxylation is 2. The Hall–Kier alpha value is -2.41. The lowest BCUT2D eigenvalue weighted by Gasteiger charge is -2.19. The van der Waals surface area contributed by atoms with Crippen molar-refractivity contribution in [3.63, 3.8) is 0 Å². The highest BCUT2D eigenvalue weighted by atomic mass is 32.2. The minimum absolute atomic E-state index is 0.0913. The van der Waals surface area contributed by atoms with Crippen LogP contribution in [0.15, 0.2) is 29.2 Å². The van der Waals surface area contributed by atoms with Crippen LogP contribution in [-0.4, -0.2) is 40.1 Å². The first-order chi connectivity index (χ1) is 15.0. The number of amides is 1. The van der Waals surface area contributed by atoms with Gasteiger partial charge in [-0.2, -0.15) is 9.82 Å². The molecule has 0 fully saturated rings. The second-order valence-electron chi connectivity index (χ2n) is 7.95. The first-order valence-corrected chi connectivity index (χ1v) is 12.7. The molecule has 12 heteroatoms. The van der Waals surface area contributed by atoms with Gasteiger partial charge < -0.3 is 9.88 Å². The normalized spacial score (nSPS) is 12.8. The molecular weight excluding hydrogens is 468 g/mol. The van der Waals surface area contributed by atoms with E-state index in [9.17, 15) is 13.2 Å². The molecule has 0 bridgehead atoms. The van der Waals surface area contributed by atoms with E-state index in [2.05, 4.69) is 25.2 Å². The predicted octanol–water partition coefficient (Wildman–Crippen LogP) is 3.55. The summed E-state index contributed by atoms with van der Waals surface area (Å²) in [5.41, 5.74) is 1.63. The van der Waals surface area contributed by atoms with E-state index in [0.29, 0.717) is 27.8 Å². The zero-order chi connectivity index (χ0) is 23.6. The van der Waals surface area contributed by atoms with E-state index < -0.39 is 22.0 Å². The fraction of sp³-hybridized carbons (Fsp3) is 0.400. The van der Waals surface area contributed by atoms with Gasteiger partial charge in [-0.05, 0) is 50.5 Å². The minimum Gasteiger partial charge on any atom is -0.303 e. The average molecular weight is 495 g/mol. The van der Waals surface area contributed by atoms with Crippen molar-refractivity contribution in [1.82, 2.24) is 24.5 Å². The highest BCUT2D eigenvalue weighted by Crippen LogP contribution is 2.31. The average Bonchev–Trinajstić information content (AvgIpc) is 3.22. The fourth-order valence-electron chi connectivity index (χ4n) is 3.05. The molecule has 1 aromatic carbocycles. The number of aromatic nitrogens is 4. The lowest BCUT2D eigenvalue weighted by atomic mass is 10.0. The first-order valence-electron chi connectivity index (χ1n) is 9.97. The number of hydrogen-bond acceptors (Lipinski definition) is 7. The molecule has 2 heterocycles. The molecule has 3 aromatic rings. The molecule has 2 aromatic heterocycles. The van der Waals surface area contributed by atoms with Crippen molar-refractivity contribution >= 4 is 44.6 Å². The lowest BCUT2D eigenvalue weighted by molar-refractivity contribution is -0.118. The molecule has 0 saturated heterocycles. The van der Waals surface area contributed by atoms with E-state index in [0.717, 1.165) is 10.4 Å². The van der Waals surface area contributed by atoms with Crippen LogP contribution < -0.4 is 10.0 Å². The molecule has 0 spiro atoms. The number of benzene rings is 1. The molecule has 1 atom stereocenters. The number of nitrogens with zero attached hydrogens (tertiary/aromatic N) is 3. The molecule has 0 aliphatic carbocycles. The molecule has 172 valence electrons. The Morgan fingerprint density at radius 3 is 2.47 bits per heavy atom.